The molecule has 3 rings (SSSR count). The predicted molar refractivity (Wildman–Crippen MR) is 130 cm³/mol. The van der Waals surface area contributed by atoms with Crippen LogP contribution in [-0.2, 0) is 26.3 Å². The minimum Gasteiger partial charge on any atom is -0.490 e. The van der Waals surface area contributed by atoms with E-state index in [1.165, 1.54) is 7.11 Å². The van der Waals surface area contributed by atoms with Crippen molar-refractivity contribution in [3.8, 4) is 11.5 Å². The van der Waals surface area contributed by atoms with E-state index in [9.17, 15) is 9.90 Å². The van der Waals surface area contributed by atoms with Crippen LogP contribution in [-0.4, -0.2) is 44.1 Å². The summed E-state index contributed by atoms with van der Waals surface area (Å²) in [7, 11) is 1.25. The number of aliphatic hydroxyl groups excluding tert-OH is 1. The van der Waals surface area contributed by atoms with Crippen LogP contribution in [0.25, 0.3) is 0 Å². The lowest BCUT2D eigenvalue weighted by Gasteiger charge is -2.37. The van der Waals surface area contributed by atoms with Crippen molar-refractivity contribution in [2.45, 2.75) is 32.0 Å². The van der Waals surface area contributed by atoms with Crippen LogP contribution in [0.2, 0.25) is 0 Å². The summed E-state index contributed by atoms with van der Waals surface area (Å²) in [5.74, 6) is 0.597. The van der Waals surface area contributed by atoms with Gasteiger partial charge < -0.3 is 24.1 Å². The van der Waals surface area contributed by atoms with Crippen LogP contribution in [0.1, 0.15) is 30.5 Å². The Kier molecular flexibility index (Phi) is 9.08. The molecule has 0 heterocycles. The number of aliphatic hydroxyl groups is 1. The summed E-state index contributed by atoms with van der Waals surface area (Å²) in [5.41, 5.74) is 0.847. The zero-order chi connectivity index (χ0) is 24.4. The minimum atomic E-state index is -1.57. The first kappa shape index (κ1) is 25.3. The minimum absolute atomic E-state index is 0.234. The van der Waals surface area contributed by atoms with Gasteiger partial charge in [0, 0.05) is 0 Å². The Bertz CT molecular complexity index is 996. The average molecular weight is 465 g/mol. The molecule has 0 saturated heterocycles. The number of rotatable bonds is 12. The molecule has 6 heteroatoms. The van der Waals surface area contributed by atoms with Crippen molar-refractivity contribution in [3.63, 3.8) is 0 Å². The monoisotopic (exact) mass is 464 g/mol. The second-order valence-electron chi connectivity index (χ2n) is 7.64. The van der Waals surface area contributed by atoms with Crippen LogP contribution in [0.4, 0.5) is 0 Å². The molecule has 34 heavy (non-hydrogen) atoms. The first-order chi connectivity index (χ1) is 16.6. The van der Waals surface area contributed by atoms with Crippen molar-refractivity contribution < 1.29 is 28.8 Å². The van der Waals surface area contributed by atoms with Gasteiger partial charge in [0.15, 0.2) is 23.2 Å². The second kappa shape index (κ2) is 12.2. The number of ether oxygens (including phenoxy) is 4. The van der Waals surface area contributed by atoms with E-state index in [0.717, 1.165) is 5.56 Å². The van der Waals surface area contributed by atoms with E-state index in [0.29, 0.717) is 42.3 Å². The maximum absolute atomic E-state index is 12.6. The summed E-state index contributed by atoms with van der Waals surface area (Å²) in [6, 6.07) is 24.3. The summed E-state index contributed by atoms with van der Waals surface area (Å²) < 4.78 is 22.7. The van der Waals surface area contributed by atoms with Gasteiger partial charge in [0.1, 0.15) is 0 Å². The fourth-order valence-corrected chi connectivity index (χ4v) is 3.96. The smallest absolute Gasteiger partial charge is 0.338 e. The molecule has 0 radical (unpaired) electrons. The lowest BCUT2D eigenvalue weighted by atomic mass is 9.81. The highest BCUT2D eigenvalue weighted by molar-refractivity contribution is 5.77. The van der Waals surface area contributed by atoms with Crippen LogP contribution in [0.15, 0.2) is 78.9 Å². The van der Waals surface area contributed by atoms with Gasteiger partial charge in [-0.2, -0.15) is 0 Å². The van der Waals surface area contributed by atoms with E-state index in [4.69, 9.17) is 18.9 Å². The summed E-state index contributed by atoms with van der Waals surface area (Å²) >= 11 is 0. The molecule has 1 N–H and O–H groups in total. The van der Waals surface area contributed by atoms with Gasteiger partial charge in [-0.15, -0.1) is 0 Å². The fourth-order valence-electron chi connectivity index (χ4n) is 3.96. The molecular formula is C28H32O6. The van der Waals surface area contributed by atoms with Crippen LogP contribution >= 0.6 is 0 Å². The van der Waals surface area contributed by atoms with Crippen molar-refractivity contribution in [1.29, 1.82) is 0 Å². The number of methoxy groups -OCH3 is 1. The molecule has 0 fully saturated rings. The molecule has 0 aliphatic carbocycles. The second-order valence-corrected chi connectivity index (χ2v) is 7.64. The lowest BCUT2D eigenvalue weighted by molar-refractivity contribution is -0.170. The molecule has 0 unspecified atom stereocenters. The number of esters is 1. The molecule has 3 aromatic carbocycles. The summed E-state index contributed by atoms with van der Waals surface area (Å²) in [6.07, 6.45) is -1.04. The van der Waals surface area contributed by atoms with E-state index in [1.807, 2.05) is 92.7 Å². The van der Waals surface area contributed by atoms with Gasteiger partial charge in [-0.05, 0) is 49.1 Å². The van der Waals surface area contributed by atoms with Gasteiger partial charge in [0.2, 0.25) is 0 Å². The van der Waals surface area contributed by atoms with Crippen LogP contribution in [0.3, 0.4) is 0 Å². The molecule has 0 bridgehead atoms. The summed E-state index contributed by atoms with van der Waals surface area (Å²) in [5, 5.41) is 11.2. The number of carbonyl (C=O) groups excluding carboxylic acids is 1. The molecule has 0 saturated carbocycles. The Morgan fingerprint density at radius 1 is 0.853 bits per heavy atom. The van der Waals surface area contributed by atoms with Crippen molar-refractivity contribution >= 4 is 5.97 Å². The molecular weight excluding hydrogens is 432 g/mol. The predicted octanol–water partition coefficient (Wildman–Crippen LogP) is 4.52. The van der Waals surface area contributed by atoms with E-state index in [1.54, 1.807) is 0 Å². The maximum atomic E-state index is 12.6. The molecule has 0 aromatic heterocycles. The molecule has 0 aliphatic rings. The normalized spacial score (nSPS) is 12.1. The topological polar surface area (TPSA) is 74.2 Å². The SMILES string of the molecule is CCOc1ccc(CCOC(c2ccccc2)(c2ccccc2)[C@H](O)C(=O)OC)cc1OCC. The van der Waals surface area contributed by atoms with E-state index in [2.05, 4.69) is 0 Å². The standard InChI is InChI=1S/C28H32O6/c1-4-32-24-17-16-21(20-25(24)33-5-2)18-19-34-28(26(29)27(30)31-3,22-12-8-6-9-13-22)23-14-10-7-11-15-23/h6-17,20,26,29H,4-5,18-19H2,1-3H3/t26-/m1/s1. The van der Waals surface area contributed by atoms with Crippen molar-refractivity contribution in [2.75, 3.05) is 26.9 Å². The summed E-state index contributed by atoms with van der Waals surface area (Å²) in [4.78, 5) is 12.6. The number of hydrogen-bond acceptors (Lipinski definition) is 6. The fraction of sp³-hybridized carbons (Fsp3) is 0.321. The van der Waals surface area contributed by atoms with E-state index < -0.39 is 17.7 Å². The lowest BCUT2D eigenvalue weighted by Crippen LogP contribution is -2.48. The molecule has 180 valence electrons. The van der Waals surface area contributed by atoms with Gasteiger partial charge in [-0.1, -0.05) is 66.7 Å². The Morgan fingerprint density at radius 3 is 1.94 bits per heavy atom. The third kappa shape index (κ3) is 5.58. The van der Waals surface area contributed by atoms with Gasteiger partial charge in [-0.3, -0.25) is 0 Å². The molecule has 0 spiro atoms. The van der Waals surface area contributed by atoms with Crippen molar-refractivity contribution in [2.24, 2.45) is 0 Å². The number of benzene rings is 3. The van der Waals surface area contributed by atoms with Crippen molar-refractivity contribution in [1.82, 2.24) is 0 Å². The Morgan fingerprint density at radius 2 is 1.41 bits per heavy atom. The average Bonchev–Trinajstić information content (AvgIpc) is 2.88. The Balaban J connectivity index is 1.95. The Hall–Kier alpha value is -3.35. The first-order valence-electron chi connectivity index (χ1n) is 11.5. The quantitative estimate of drug-likeness (QED) is 0.397. The maximum Gasteiger partial charge on any atom is 0.338 e. The number of carbonyl (C=O) groups is 1. The molecule has 3 aromatic rings. The highest BCUT2D eigenvalue weighted by Crippen LogP contribution is 2.38. The van der Waals surface area contributed by atoms with Crippen molar-refractivity contribution in [3.05, 3.63) is 95.6 Å². The highest BCUT2D eigenvalue weighted by atomic mass is 16.6. The van der Waals surface area contributed by atoms with Crippen LogP contribution in [0.5, 0.6) is 11.5 Å². The zero-order valence-electron chi connectivity index (χ0n) is 19.9. The number of hydrogen-bond donors (Lipinski definition) is 1. The zero-order valence-corrected chi connectivity index (χ0v) is 19.9. The molecule has 6 nitrogen and oxygen atoms in total. The molecule has 0 aliphatic heterocycles. The summed E-state index contributed by atoms with van der Waals surface area (Å²) in [6.45, 7) is 5.16. The third-order valence-electron chi connectivity index (χ3n) is 5.54. The first-order valence-corrected chi connectivity index (χ1v) is 11.5. The van der Waals surface area contributed by atoms with Gasteiger partial charge in [0.25, 0.3) is 0 Å². The third-order valence-corrected chi connectivity index (χ3v) is 5.54. The Labute approximate surface area is 201 Å². The molecule has 0 amide bonds. The van der Waals surface area contributed by atoms with E-state index in [-0.39, 0.29) is 6.61 Å². The van der Waals surface area contributed by atoms with Crippen LogP contribution in [0, 0.1) is 0 Å². The van der Waals surface area contributed by atoms with Gasteiger partial charge in [0.05, 0.1) is 26.9 Å². The van der Waals surface area contributed by atoms with Gasteiger partial charge >= 0.3 is 5.97 Å². The molecule has 1 atom stereocenters. The van der Waals surface area contributed by atoms with E-state index >= 15 is 0 Å². The highest BCUT2D eigenvalue weighted by Gasteiger charge is 2.47. The van der Waals surface area contributed by atoms with Gasteiger partial charge in [-0.25, -0.2) is 4.79 Å². The van der Waals surface area contributed by atoms with Crippen LogP contribution < -0.4 is 9.47 Å². The largest absolute Gasteiger partial charge is 0.490 e.